The van der Waals surface area contributed by atoms with Crippen molar-refractivity contribution in [3.8, 4) is 6.01 Å². The molecule has 0 unspecified atom stereocenters. The topological polar surface area (TPSA) is 86.4 Å². The molecule has 0 amide bonds. The third kappa shape index (κ3) is 4.70. The van der Waals surface area contributed by atoms with E-state index in [1.807, 2.05) is 25.8 Å². The maximum Gasteiger partial charge on any atom is 0.323 e. The highest BCUT2D eigenvalue weighted by atomic mass is 16.5. The average Bonchev–Trinajstić information content (AvgIpc) is 2.27. The van der Waals surface area contributed by atoms with Crippen molar-refractivity contribution in [2.75, 3.05) is 37.9 Å². The van der Waals surface area contributed by atoms with Crippen LogP contribution in [0.4, 0.5) is 11.9 Å². The third-order valence-corrected chi connectivity index (χ3v) is 2.14. The Labute approximate surface area is 107 Å². The number of nitrogens with zero attached hydrogens (tertiary/aromatic N) is 4. The Morgan fingerprint density at radius 1 is 1.28 bits per heavy atom. The second kappa shape index (κ2) is 6.95. The smallest absolute Gasteiger partial charge is 0.323 e. The summed E-state index contributed by atoms with van der Waals surface area (Å²) in [5.74, 6) is 0.670. The minimum atomic E-state index is -0.00144. The Morgan fingerprint density at radius 2 is 2.00 bits per heavy atom. The molecule has 0 bridgehead atoms. The van der Waals surface area contributed by atoms with E-state index in [9.17, 15) is 0 Å². The van der Waals surface area contributed by atoms with Crippen molar-refractivity contribution in [2.45, 2.75) is 26.4 Å². The summed E-state index contributed by atoms with van der Waals surface area (Å²) in [5.41, 5.74) is 5.63. The van der Waals surface area contributed by atoms with Crippen LogP contribution >= 0.6 is 0 Å². The van der Waals surface area contributed by atoms with Crippen LogP contribution in [0.25, 0.3) is 0 Å². The van der Waals surface area contributed by atoms with Gasteiger partial charge in [-0.15, -0.1) is 0 Å². The quantitative estimate of drug-likeness (QED) is 0.718. The molecule has 0 fully saturated rings. The highest BCUT2D eigenvalue weighted by molar-refractivity contribution is 5.34. The fourth-order valence-corrected chi connectivity index (χ4v) is 1.34. The van der Waals surface area contributed by atoms with Gasteiger partial charge in [-0.1, -0.05) is 0 Å². The first-order valence-electron chi connectivity index (χ1n) is 5.91. The van der Waals surface area contributed by atoms with E-state index in [1.165, 1.54) is 0 Å². The van der Waals surface area contributed by atoms with Crippen molar-refractivity contribution < 1.29 is 9.47 Å². The Bertz CT molecular complexity index is 372. The van der Waals surface area contributed by atoms with Gasteiger partial charge in [0.1, 0.15) is 0 Å². The molecule has 2 N–H and O–H groups in total. The van der Waals surface area contributed by atoms with Crippen LogP contribution in [-0.4, -0.2) is 48.4 Å². The van der Waals surface area contributed by atoms with Crippen molar-refractivity contribution in [3.05, 3.63) is 0 Å². The van der Waals surface area contributed by atoms with Gasteiger partial charge in [0.05, 0.1) is 6.10 Å². The third-order valence-electron chi connectivity index (χ3n) is 2.14. The van der Waals surface area contributed by atoms with Gasteiger partial charge in [0, 0.05) is 27.3 Å². The van der Waals surface area contributed by atoms with Crippen LogP contribution in [0.2, 0.25) is 0 Å². The molecule has 18 heavy (non-hydrogen) atoms. The summed E-state index contributed by atoms with van der Waals surface area (Å²) >= 11 is 0. The fraction of sp³-hybridized carbons (Fsp3) is 0.727. The lowest BCUT2D eigenvalue weighted by atomic mass is 10.4. The van der Waals surface area contributed by atoms with Gasteiger partial charge in [-0.2, -0.15) is 15.0 Å². The van der Waals surface area contributed by atoms with Crippen LogP contribution < -0.4 is 15.4 Å². The first kappa shape index (κ1) is 14.4. The number of aromatic nitrogens is 3. The second-order valence-corrected chi connectivity index (χ2v) is 4.21. The molecule has 0 aliphatic carbocycles. The zero-order valence-electron chi connectivity index (χ0n) is 11.4. The van der Waals surface area contributed by atoms with Crippen molar-refractivity contribution in [1.82, 2.24) is 15.0 Å². The average molecular weight is 255 g/mol. The van der Waals surface area contributed by atoms with Crippen molar-refractivity contribution >= 4 is 11.9 Å². The molecule has 0 radical (unpaired) electrons. The first-order chi connectivity index (χ1) is 8.52. The van der Waals surface area contributed by atoms with E-state index in [2.05, 4.69) is 15.0 Å². The number of hydrogen-bond acceptors (Lipinski definition) is 7. The molecular formula is C11H21N5O2. The summed E-state index contributed by atoms with van der Waals surface area (Å²) in [6.45, 7) is 5.28. The molecule has 1 rings (SSSR count). The van der Waals surface area contributed by atoms with Gasteiger partial charge in [0.2, 0.25) is 11.9 Å². The molecule has 1 aromatic rings. The summed E-state index contributed by atoms with van der Waals surface area (Å²) in [7, 11) is 3.57. The lowest BCUT2D eigenvalue weighted by molar-refractivity contribution is 0.196. The number of hydrogen-bond donors (Lipinski definition) is 1. The highest BCUT2D eigenvalue weighted by Crippen LogP contribution is 2.13. The van der Waals surface area contributed by atoms with Gasteiger partial charge in [-0.05, 0) is 20.3 Å². The summed E-state index contributed by atoms with van der Waals surface area (Å²) in [6.07, 6.45) is 0.886. The largest absolute Gasteiger partial charge is 0.461 e. The summed E-state index contributed by atoms with van der Waals surface area (Å²) < 4.78 is 10.4. The van der Waals surface area contributed by atoms with Gasteiger partial charge < -0.3 is 20.1 Å². The molecule has 0 saturated heterocycles. The number of ether oxygens (including phenoxy) is 2. The van der Waals surface area contributed by atoms with Crippen LogP contribution in [0.5, 0.6) is 6.01 Å². The van der Waals surface area contributed by atoms with E-state index in [0.29, 0.717) is 12.6 Å². The zero-order chi connectivity index (χ0) is 13.5. The minimum absolute atomic E-state index is 0.00144. The molecule has 1 aromatic heterocycles. The van der Waals surface area contributed by atoms with Crippen LogP contribution in [-0.2, 0) is 4.74 Å². The van der Waals surface area contributed by atoms with Crippen LogP contribution in [0.15, 0.2) is 0 Å². The molecule has 0 aliphatic rings. The maximum absolute atomic E-state index is 5.63. The van der Waals surface area contributed by atoms with Gasteiger partial charge in [0.15, 0.2) is 0 Å². The van der Waals surface area contributed by atoms with E-state index in [4.69, 9.17) is 15.2 Å². The molecule has 0 spiro atoms. The normalized spacial score (nSPS) is 10.7. The lowest BCUT2D eigenvalue weighted by Crippen LogP contribution is -2.23. The van der Waals surface area contributed by atoms with Gasteiger partial charge in [-0.25, -0.2) is 0 Å². The molecule has 0 aliphatic heterocycles. The number of nitrogen functional groups attached to an aromatic ring is 1. The minimum Gasteiger partial charge on any atom is -0.461 e. The van der Waals surface area contributed by atoms with Gasteiger partial charge >= 0.3 is 6.01 Å². The Balaban J connectivity index is 2.71. The van der Waals surface area contributed by atoms with Crippen molar-refractivity contribution in [2.24, 2.45) is 0 Å². The van der Waals surface area contributed by atoms with E-state index in [-0.39, 0.29) is 18.1 Å². The van der Waals surface area contributed by atoms with Gasteiger partial charge in [0.25, 0.3) is 0 Å². The molecule has 102 valence electrons. The molecule has 7 nitrogen and oxygen atoms in total. The van der Waals surface area contributed by atoms with Crippen molar-refractivity contribution in [1.29, 1.82) is 0 Å². The predicted octanol–water partition coefficient (Wildman–Crippen LogP) is 0.714. The summed E-state index contributed by atoms with van der Waals surface area (Å²) in [5, 5.41) is 0. The molecule has 1 heterocycles. The van der Waals surface area contributed by atoms with E-state index < -0.39 is 0 Å². The fourth-order valence-electron chi connectivity index (χ4n) is 1.34. The molecule has 7 heteroatoms. The standard InChI is InChI=1S/C11H21N5O2/c1-8(2)18-11-14-9(12)13-10(15-11)16(3)6-5-7-17-4/h8H,5-7H2,1-4H3,(H2,12,13,14,15). The first-order valence-corrected chi connectivity index (χ1v) is 5.91. The predicted molar refractivity (Wildman–Crippen MR) is 69.8 cm³/mol. The highest BCUT2D eigenvalue weighted by Gasteiger charge is 2.10. The number of anilines is 2. The lowest BCUT2D eigenvalue weighted by Gasteiger charge is -2.17. The Kier molecular flexibility index (Phi) is 5.57. The van der Waals surface area contributed by atoms with Crippen LogP contribution in [0.1, 0.15) is 20.3 Å². The molecule has 0 aromatic carbocycles. The zero-order valence-corrected chi connectivity index (χ0v) is 11.4. The monoisotopic (exact) mass is 255 g/mol. The number of rotatable bonds is 7. The second-order valence-electron chi connectivity index (χ2n) is 4.21. The number of methoxy groups -OCH3 is 1. The van der Waals surface area contributed by atoms with E-state index in [0.717, 1.165) is 13.0 Å². The molecule has 0 atom stereocenters. The Morgan fingerprint density at radius 3 is 2.61 bits per heavy atom. The van der Waals surface area contributed by atoms with Crippen LogP contribution in [0, 0.1) is 0 Å². The van der Waals surface area contributed by atoms with E-state index >= 15 is 0 Å². The van der Waals surface area contributed by atoms with Crippen LogP contribution in [0.3, 0.4) is 0 Å². The van der Waals surface area contributed by atoms with Crippen molar-refractivity contribution in [3.63, 3.8) is 0 Å². The molecule has 0 saturated carbocycles. The maximum atomic E-state index is 5.63. The number of nitrogens with two attached hydrogens (primary N) is 1. The summed E-state index contributed by atoms with van der Waals surface area (Å²) in [6, 6.07) is 0.256. The summed E-state index contributed by atoms with van der Waals surface area (Å²) in [4.78, 5) is 14.1. The van der Waals surface area contributed by atoms with E-state index in [1.54, 1.807) is 7.11 Å². The Hall–Kier alpha value is -1.63. The SMILES string of the molecule is COCCCN(C)c1nc(N)nc(OC(C)C)n1. The molecular weight excluding hydrogens is 234 g/mol. The van der Waals surface area contributed by atoms with Gasteiger partial charge in [-0.3, -0.25) is 0 Å².